The molecule has 1 N–H and O–H groups in total. The van der Waals surface area contributed by atoms with E-state index in [-0.39, 0.29) is 12.3 Å². The van der Waals surface area contributed by atoms with Gasteiger partial charge in [0.25, 0.3) is 0 Å². The molecule has 0 fully saturated rings. The highest BCUT2D eigenvalue weighted by Crippen LogP contribution is 2.38. The molecule has 0 unspecified atom stereocenters. The second-order valence-corrected chi connectivity index (χ2v) is 4.88. The Morgan fingerprint density at radius 2 is 2.20 bits per heavy atom. The van der Waals surface area contributed by atoms with Crippen LogP contribution in [-0.4, -0.2) is 39.4 Å². The van der Waals surface area contributed by atoms with Crippen molar-refractivity contribution in [2.45, 2.75) is 12.8 Å². The molecule has 1 aliphatic heterocycles. The first-order valence-electron chi connectivity index (χ1n) is 6.54. The lowest BCUT2D eigenvalue weighted by Gasteiger charge is -2.20. The van der Waals surface area contributed by atoms with Crippen LogP contribution in [0.4, 0.5) is 0 Å². The third kappa shape index (κ3) is 4.02. The zero-order chi connectivity index (χ0) is 14.4. The van der Waals surface area contributed by atoms with Crippen molar-refractivity contribution in [2.24, 2.45) is 0 Å². The zero-order valence-electron chi connectivity index (χ0n) is 11.4. The van der Waals surface area contributed by atoms with E-state index < -0.39 is 0 Å². The van der Waals surface area contributed by atoms with Crippen molar-refractivity contribution in [3.63, 3.8) is 0 Å². The number of methoxy groups -OCH3 is 1. The predicted octanol–water partition coefficient (Wildman–Crippen LogP) is 1.81. The maximum absolute atomic E-state index is 11.8. The number of hydrogen-bond donors (Lipinski definition) is 1. The van der Waals surface area contributed by atoms with Gasteiger partial charge in [0.2, 0.25) is 5.91 Å². The summed E-state index contributed by atoms with van der Waals surface area (Å²) in [4.78, 5) is 11.8. The summed E-state index contributed by atoms with van der Waals surface area (Å²) in [5.41, 5.74) is 0.809. The molecule has 1 amide bonds. The Balaban J connectivity index is 1.92. The topological polar surface area (TPSA) is 56.8 Å². The molecule has 2 rings (SSSR count). The summed E-state index contributed by atoms with van der Waals surface area (Å²) in [5, 5.41) is 3.31. The van der Waals surface area contributed by atoms with E-state index in [4.69, 9.17) is 25.8 Å². The summed E-state index contributed by atoms with van der Waals surface area (Å²) >= 11 is 6.12. The Morgan fingerprint density at radius 3 is 3.00 bits per heavy atom. The fourth-order valence-corrected chi connectivity index (χ4v) is 2.25. The Kier molecular flexibility index (Phi) is 5.49. The van der Waals surface area contributed by atoms with Crippen LogP contribution in [0.5, 0.6) is 11.5 Å². The van der Waals surface area contributed by atoms with Gasteiger partial charge in [0, 0.05) is 20.3 Å². The molecule has 1 aromatic carbocycles. The van der Waals surface area contributed by atoms with Crippen molar-refractivity contribution in [2.75, 3.05) is 33.5 Å². The minimum absolute atomic E-state index is 0.0474. The summed E-state index contributed by atoms with van der Waals surface area (Å²) in [5.74, 6) is 1.11. The first-order chi connectivity index (χ1) is 9.70. The largest absolute Gasteiger partial charge is 0.486 e. The van der Waals surface area contributed by atoms with Crippen LogP contribution >= 0.6 is 11.6 Å². The number of benzene rings is 1. The molecular formula is C14H18ClNO4. The van der Waals surface area contributed by atoms with Crippen LogP contribution in [0, 0.1) is 0 Å². The summed E-state index contributed by atoms with van der Waals surface area (Å²) in [6, 6.07) is 3.54. The number of carbonyl (C=O) groups is 1. The van der Waals surface area contributed by atoms with E-state index in [1.165, 1.54) is 0 Å². The van der Waals surface area contributed by atoms with Gasteiger partial charge in [0.15, 0.2) is 11.5 Å². The maximum atomic E-state index is 11.8. The van der Waals surface area contributed by atoms with Gasteiger partial charge in [-0.1, -0.05) is 11.6 Å². The highest BCUT2D eigenvalue weighted by atomic mass is 35.5. The van der Waals surface area contributed by atoms with Crippen LogP contribution in [0.3, 0.4) is 0 Å². The van der Waals surface area contributed by atoms with E-state index in [0.29, 0.717) is 42.9 Å². The van der Waals surface area contributed by atoms with Crippen molar-refractivity contribution in [3.05, 3.63) is 22.7 Å². The van der Waals surface area contributed by atoms with Crippen molar-refractivity contribution in [3.8, 4) is 11.5 Å². The quantitative estimate of drug-likeness (QED) is 0.814. The molecule has 0 bridgehead atoms. The molecule has 0 spiro atoms. The van der Waals surface area contributed by atoms with E-state index in [2.05, 4.69) is 5.32 Å². The summed E-state index contributed by atoms with van der Waals surface area (Å²) in [7, 11) is 1.64. The SMILES string of the molecule is COCCCNC(=O)Cc1cc(Cl)c2c(c1)OCCO2. The van der Waals surface area contributed by atoms with E-state index >= 15 is 0 Å². The molecule has 1 aliphatic rings. The minimum Gasteiger partial charge on any atom is -0.486 e. The van der Waals surface area contributed by atoms with Gasteiger partial charge < -0.3 is 19.5 Å². The summed E-state index contributed by atoms with van der Waals surface area (Å²) in [6.07, 6.45) is 1.06. The van der Waals surface area contributed by atoms with Gasteiger partial charge in [0.05, 0.1) is 11.4 Å². The van der Waals surface area contributed by atoms with E-state index in [0.717, 1.165) is 12.0 Å². The van der Waals surface area contributed by atoms with Gasteiger partial charge in [-0.2, -0.15) is 0 Å². The number of fused-ring (bicyclic) bond motifs is 1. The van der Waals surface area contributed by atoms with Crippen molar-refractivity contribution in [1.82, 2.24) is 5.32 Å². The monoisotopic (exact) mass is 299 g/mol. The molecule has 0 saturated heterocycles. The average Bonchev–Trinajstić information content (AvgIpc) is 2.44. The lowest BCUT2D eigenvalue weighted by atomic mass is 10.1. The average molecular weight is 300 g/mol. The number of ether oxygens (including phenoxy) is 3. The van der Waals surface area contributed by atoms with Crippen LogP contribution < -0.4 is 14.8 Å². The van der Waals surface area contributed by atoms with Crippen LogP contribution in [0.25, 0.3) is 0 Å². The van der Waals surface area contributed by atoms with Crippen LogP contribution in [0.15, 0.2) is 12.1 Å². The number of carbonyl (C=O) groups excluding carboxylic acids is 1. The first-order valence-corrected chi connectivity index (χ1v) is 6.92. The molecule has 1 heterocycles. The van der Waals surface area contributed by atoms with Gasteiger partial charge in [-0.3, -0.25) is 4.79 Å². The number of amides is 1. The fraction of sp³-hybridized carbons (Fsp3) is 0.500. The van der Waals surface area contributed by atoms with E-state index in [1.807, 2.05) is 0 Å². The van der Waals surface area contributed by atoms with Crippen LogP contribution in [0.2, 0.25) is 5.02 Å². The molecule has 0 atom stereocenters. The predicted molar refractivity (Wildman–Crippen MR) is 75.6 cm³/mol. The Bertz CT molecular complexity index is 478. The number of nitrogens with one attached hydrogen (secondary N) is 1. The molecular weight excluding hydrogens is 282 g/mol. The maximum Gasteiger partial charge on any atom is 0.224 e. The Labute approximate surface area is 123 Å². The van der Waals surface area contributed by atoms with Crippen molar-refractivity contribution < 1.29 is 19.0 Å². The van der Waals surface area contributed by atoms with Gasteiger partial charge >= 0.3 is 0 Å². The van der Waals surface area contributed by atoms with Crippen molar-refractivity contribution >= 4 is 17.5 Å². The van der Waals surface area contributed by atoms with Crippen molar-refractivity contribution in [1.29, 1.82) is 0 Å². The molecule has 6 heteroatoms. The molecule has 110 valence electrons. The molecule has 0 saturated carbocycles. The zero-order valence-corrected chi connectivity index (χ0v) is 12.2. The molecule has 0 radical (unpaired) electrons. The van der Waals surface area contributed by atoms with Crippen LogP contribution in [0.1, 0.15) is 12.0 Å². The fourth-order valence-electron chi connectivity index (χ4n) is 1.96. The van der Waals surface area contributed by atoms with Gasteiger partial charge in [-0.05, 0) is 24.1 Å². The summed E-state index contributed by atoms with van der Waals surface area (Å²) < 4.78 is 15.8. The molecule has 0 aliphatic carbocycles. The normalized spacial score (nSPS) is 13.1. The molecule has 20 heavy (non-hydrogen) atoms. The second-order valence-electron chi connectivity index (χ2n) is 4.47. The van der Waals surface area contributed by atoms with E-state index in [1.54, 1.807) is 19.2 Å². The third-order valence-corrected chi connectivity index (χ3v) is 3.15. The highest BCUT2D eigenvalue weighted by molar-refractivity contribution is 6.32. The molecule has 5 nitrogen and oxygen atoms in total. The van der Waals surface area contributed by atoms with E-state index in [9.17, 15) is 4.79 Å². The lowest BCUT2D eigenvalue weighted by molar-refractivity contribution is -0.120. The number of hydrogen-bond acceptors (Lipinski definition) is 4. The molecule has 0 aromatic heterocycles. The first kappa shape index (κ1) is 14.9. The smallest absolute Gasteiger partial charge is 0.224 e. The minimum atomic E-state index is -0.0474. The second kappa shape index (κ2) is 7.36. The Hall–Kier alpha value is -1.46. The Morgan fingerprint density at radius 1 is 1.40 bits per heavy atom. The van der Waals surface area contributed by atoms with Crippen LogP contribution in [-0.2, 0) is 16.0 Å². The molecule has 1 aromatic rings. The van der Waals surface area contributed by atoms with Gasteiger partial charge in [-0.15, -0.1) is 0 Å². The number of halogens is 1. The third-order valence-electron chi connectivity index (χ3n) is 2.87. The standard InChI is InChI=1S/C14H18ClNO4/c1-18-4-2-3-16-13(17)9-10-7-11(15)14-12(8-10)19-5-6-20-14/h7-8H,2-6,9H2,1H3,(H,16,17). The van der Waals surface area contributed by atoms with Gasteiger partial charge in [-0.25, -0.2) is 0 Å². The lowest BCUT2D eigenvalue weighted by Crippen LogP contribution is -2.26. The highest BCUT2D eigenvalue weighted by Gasteiger charge is 2.17. The number of rotatable bonds is 6. The summed E-state index contributed by atoms with van der Waals surface area (Å²) in [6.45, 7) is 2.23. The van der Waals surface area contributed by atoms with Gasteiger partial charge in [0.1, 0.15) is 13.2 Å².